The fourth-order valence-electron chi connectivity index (χ4n) is 1.87. The van der Waals surface area contributed by atoms with Crippen LogP contribution in [0.2, 0.25) is 5.15 Å². The van der Waals surface area contributed by atoms with Crippen molar-refractivity contribution >= 4 is 29.2 Å². The van der Waals surface area contributed by atoms with Gasteiger partial charge in [0.15, 0.2) is 18.4 Å². The van der Waals surface area contributed by atoms with E-state index < -0.39 is 18.5 Å². The van der Waals surface area contributed by atoms with Crippen LogP contribution in [0.4, 0.5) is 5.69 Å². The number of aromatic nitrogens is 1. The molecule has 126 valence electrons. The first kappa shape index (κ1) is 17.7. The third-order valence-corrected chi connectivity index (χ3v) is 3.60. The fourth-order valence-corrected chi connectivity index (χ4v) is 2.04. The van der Waals surface area contributed by atoms with Gasteiger partial charge in [0.2, 0.25) is 0 Å². The molecule has 0 aliphatic heterocycles. The number of nitrogens with zero attached hydrogens (tertiary/aromatic N) is 1. The molecule has 0 bridgehead atoms. The molecule has 0 aliphatic rings. The fraction of sp³-hybridized carbons (Fsp3) is 0.235. The number of rotatable bonds is 6. The van der Waals surface area contributed by atoms with E-state index in [2.05, 4.69) is 10.3 Å². The Balaban J connectivity index is 1.78. The number of pyridine rings is 1. The molecule has 1 N–H and O–H groups in total. The average Bonchev–Trinajstić information content (AvgIpc) is 2.56. The average molecular weight is 349 g/mol. The van der Waals surface area contributed by atoms with Crippen LogP contribution in [-0.2, 0) is 14.3 Å². The smallest absolute Gasteiger partial charge is 0.344 e. The number of esters is 1. The highest BCUT2D eigenvalue weighted by Gasteiger charge is 2.11. The maximum Gasteiger partial charge on any atom is 0.344 e. The van der Waals surface area contributed by atoms with Crippen LogP contribution < -0.4 is 10.1 Å². The number of anilines is 1. The van der Waals surface area contributed by atoms with Crippen LogP contribution >= 0.6 is 11.6 Å². The molecule has 0 unspecified atom stereocenters. The predicted molar refractivity (Wildman–Crippen MR) is 90.2 cm³/mol. The van der Waals surface area contributed by atoms with E-state index in [0.29, 0.717) is 11.4 Å². The molecule has 0 spiro atoms. The van der Waals surface area contributed by atoms with E-state index in [1.165, 1.54) is 6.20 Å². The molecule has 0 radical (unpaired) electrons. The molecule has 1 aromatic carbocycles. The van der Waals surface area contributed by atoms with Crippen molar-refractivity contribution in [1.82, 2.24) is 4.98 Å². The third-order valence-electron chi connectivity index (χ3n) is 3.30. The summed E-state index contributed by atoms with van der Waals surface area (Å²) in [6.45, 7) is 3.15. The number of nitrogens with one attached hydrogen (secondary N) is 1. The van der Waals surface area contributed by atoms with Gasteiger partial charge in [-0.2, -0.15) is 0 Å². The Labute approximate surface area is 144 Å². The van der Waals surface area contributed by atoms with Gasteiger partial charge in [-0.15, -0.1) is 0 Å². The van der Waals surface area contributed by atoms with Crippen molar-refractivity contribution in [2.45, 2.75) is 13.8 Å². The minimum absolute atomic E-state index is 0.162. The highest BCUT2D eigenvalue weighted by Crippen LogP contribution is 2.20. The second kappa shape index (κ2) is 8.31. The maximum atomic E-state index is 11.7. The maximum absolute atomic E-state index is 11.7. The largest absolute Gasteiger partial charge is 0.482 e. The summed E-state index contributed by atoms with van der Waals surface area (Å²) in [6, 6.07) is 8.79. The van der Waals surface area contributed by atoms with Gasteiger partial charge in [-0.05, 0) is 43.2 Å². The third kappa shape index (κ3) is 4.96. The van der Waals surface area contributed by atoms with Crippen molar-refractivity contribution in [3.63, 3.8) is 0 Å². The summed E-state index contributed by atoms with van der Waals surface area (Å²) in [6.07, 6.45) is 1.50. The van der Waals surface area contributed by atoms with Gasteiger partial charge in [-0.25, -0.2) is 9.78 Å². The molecule has 24 heavy (non-hydrogen) atoms. The second-order valence-electron chi connectivity index (χ2n) is 5.04. The van der Waals surface area contributed by atoms with Crippen LogP contribution in [0.5, 0.6) is 5.75 Å². The lowest BCUT2D eigenvalue weighted by atomic mass is 10.1. The molecule has 1 heterocycles. The van der Waals surface area contributed by atoms with Crippen LogP contribution in [0.3, 0.4) is 0 Å². The Morgan fingerprint density at radius 2 is 1.96 bits per heavy atom. The first-order valence-electron chi connectivity index (χ1n) is 7.22. The van der Waals surface area contributed by atoms with Gasteiger partial charge in [0, 0.05) is 6.20 Å². The van der Waals surface area contributed by atoms with Crippen molar-refractivity contribution in [1.29, 1.82) is 0 Å². The second-order valence-corrected chi connectivity index (χ2v) is 5.40. The molecule has 0 aliphatic carbocycles. The summed E-state index contributed by atoms with van der Waals surface area (Å²) >= 11 is 5.82. The number of hydrogen-bond acceptors (Lipinski definition) is 5. The zero-order valence-electron chi connectivity index (χ0n) is 13.3. The molecule has 2 rings (SSSR count). The van der Waals surface area contributed by atoms with Crippen molar-refractivity contribution in [2.24, 2.45) is 0 Å². The standard InChI is InChI=1S/C17H17ClN2O4/c1-11-5-3-7-14(12(11)2)23-10-16(22)24-9-15(21)20-13-6-4-8-19-17(13)18/h3-8H,9-10H2,1-2H3,(H,20,21). The summed E-state index contributed by atoms with van der Waals surface area (Å²) in [7, 11) is 0. The molecule has 0 saturated heterocycles. The number of aryl methyl sites for hydroxylation is 1. The Morgan fingerprint density at radius 3 is 2.71 bits per heavy atom. The van der Waals surface area contributed by atoms with E-state index in [-0.39, 0.29) is 11.8 Å². The Hall–Kier alpha value is -2.60. The van der Waals surface area contributed by atoms with Gasteiger partial charge < -0.3 is 14.8 Å². The number of hydrogen-bond donors (Lipinski definition) is 1. The molecular formula is C17H17ClN2O4. The topological polar surface area (TPSA) is 77.5 Å². The highest BCUT2D eigenvalue weighted by atomic mass is 35.5. The van der Waals surface area contributed by atoms with E-state index >= 15 is 0 Å². The van der Waals surface area contributed by atoms with Crippen LogP contribution in [0.15, 0.2) is 36.5 Å². The first-order valence-corrected chi connectivity index (χ1v) is 7.60. The molecule has 0 atom stereocenters. The van der Waals surface area contributed by atoms with Crippen molar-refractivity contribution < 1.29 is 19.1 Å². The Kier molecular flexibility index (Phi) is 6.14. The normalized spacial score (nSPS) is 10.1. The first-order chi connectivity index (χ1) is 11.5. The molecule has 0 fully saturated rings. The van der Waals surface area contributed by atoms with E-state index in [4.69, 9.17) is 21.1 Å². The molecule has 6 nitrogen and oxygen atoms in total. The molecule has 1 aromatic heterocycles. The van der Waals surface area contributed by atoms with E-state index in [1.807, 2.05) is 26.0 Å². The van der Waals surface area contributed by atoms with Crippen LogP contribution in [-0.4, -0.2) is 30.1 Å². The summed E-state index contributed by atoms with van der Waals surface area (Å²) in [5, 5.41) is 2.67. The van der Waals surface area contributed by atoms with Gasteiger partial charge in [0.05, 0.1) is 5.69 Å². The lowest BCUT2D eigenvalue weighted by molar-refractivity contribution is -0.149. The molecule has 7 heteroatoms. The summed E-state index contributed by atoms with van der Waals surface area (Å²) < 4.78 is 10.3. The number of ether oxygens (including phenoxy) is 2. The number of halogens is 1. The van der Waals surface area contributed by atoms with Crippen molar-refractivity contribution in [3.8, 4) is 5.75 Å². The number of benzene rings is 1. The van der Waals surface area contributed by atoms with Gasteiger partial charge >= 0.3 is 5.97 Å². The molecule has 1 amide bonds. The molecular weight excluding hydrogens is 332 g/mol. The van der Waals surface area contributed by atoms with Crippen LogP contribution in [0.1, 0.15) is 11.1 Å². The van der Waals surface area contributed by atoms with Gasteiger partial charge in [0.1, 0.15) is 5.75 Å². The predicted octanol–water partition coefficient (Wildman–Crippen LogP) is 2.91. The van der Waals surface area contributed by atoms with E-state index in [0.717, 1.165) is 11.1 Å². The summed E-state index contributed by atoms with van der Waals surface area (Å²) in [5.74, 6) is -0.535. The monoisotopic (exact) mass is 348 g/mol. The zero-order valence-corrected chi connectivity index (χ0v) is 14.1. The lowest BCUT2D eigenvalue weighted by Crippen LogP contribution is -2.24. The quantitative estimate of drug-likeness (QED) is 0.641. The Morgan fingerprint density at radius 1 is 1.17 bits per heavy atom. The van der Waals surface area contributed by atoms with Gasteiger partial charge in [0.25, 0.3) is 5.91 Å². The SMILES string of the molecule is Cc1cccc(OCC(=O)OCC(=O)Nc2cccnc2Cl)c1C. The van der Waals surface area contributed by atoms with Crippen molar-refractivity contribution in [2.75, 3.05) is 18.5 Å². The van der Waals surface area contributed by atoms with Crippen molar-refractivity contribution in [3.05, 3.63) is 52.8 Å². The molecule has 2 aromatic rings. The minimum Gasteiger partial charge on any atom is -0.482 e. The van der Waals surface area contributed by atoms with E-state index in [9.17, 15) is 9.59 Å². The highest BCUT2D eigenvalue weighted by molar-refractivity contribution is 6.32. The van der Waals surface area contributed by atoms with Crippen LogP contribution in [0.25, 0.3) is 0 Å². The van der Waals surface area contributed by atoms with E-state index in [1.54, 1.807) is 18.2 Å². The summed E-state index contributed by atoms with van der Waals surface area (Å²) in [4.78, 5) is 27.2. The zero-order chi connectivity index (χ0) is 17.5. The van der Waals surface area contributed by atoms with Gasteiger partial charge in [-0.3, -0.25) is 4.79 Å². The lowest BCUT2D eigenvalue weighted by Gasteiger charge is -2.11. The van der Waals surface area contributed by atoms with Crippen LogP contribution in [0, 0.1) is 13.8 Å². The number of amides is 1. The number of carbonyl (C=O) groups is 2. The molecule has 0 saturated carbocycles. The summed E-state index contributed by atoms with van der Waals surface area (Å²) in [5.41, 5.74) is 2.37. The van der Waals surface area contributed by atoms with Gasteiger partial charge in [-0.1, -0.05) is 23.7 Å². The number of carbonyl (C=O) groups excluding carboxylic acids is 2. The Bertz CT molecular complexity index is 749. The minimum atomic E-state index is -0.636.